The SMILES string of the molecule is C[C@@H](Nc1c(Cl)cnc2cc(F)c(-c3cnc(C(C)(C)O)nc3)nc12)c1cc(C(=O)O)ccc1F. The summed E-state index contributed by atoms with van der Waals surface area (Å²) in [6.45, 7) is 4.68. The van der Waals surface area contributed by atoms with Gasteiger partial charge in [-0.3, -0.25) is 4.98 Å². The Balaban J connectivity index is 1.78. The molecule has 0 saturated carbocycles. The monoisotopic (exact) mass is 499 g/mol. The molecule has 0 aliphatic heterocycles. The van der Waals surface area contributed by atoms with E-state index in [1.54, 1.807) is 6.92 Å². The van der Waals surface area contributed by atoms with Gasteiger partial charge in [0.05, 0.1) is 27.8 Å². The number of hydrogen-bond acceptors (Lipinski definition) is 7. The third kappa shape index (κ3) is 4.89. The second kappa shape index (κ2) is 9.12. The van der Waals surface area contributed by atoms with E-state index in [0.717, 1.165) is 6.07 Å². The molecular formula is C24H20ClF2N5O3. The van der Waals surface area contributed by atoms with Crippen LogP contribution in [0.5, 0.6) is 0 Å². The van der Waals surface area contributed by atoms with Gasteiger partial charge in [0.15, 0.2) is 11.6 Å². The Morgan fingerprint density at radius 2 is 1.77 bits per heavy atom. The zero-order chi connectivity index (χ0) is 25.5. The van der Waals surface area contributed by atoms with Gasteiger partial charge in [0.2, 0.25) is 0 Å². The molecule has 0 bridgehead atoms. The zero-order valence-corrected chi connectivity index (χ0v) is 19.6. The van der Waals surface area contributed by atoms with Crippen LogP contribution >= 0.6 is 11.6 Å². The molecule has 0 spiro atoms. The highest BCUT2D eigenvalue weighted by molar-refractivity contribution is 6.34. The maximum absolute atomic E-state index is 14.9. The molecule has 4 aromatic rings. The fraction of sp³-hybridized carbons (Fsp3) is 0.208. The van der Waals surface area contributed by atoms with E-state index in [9.17, 15) is 23.8 Å². The summed E-state index contributed by atoms with van der Waals surface area (Å²) in [5, 5.41) is 22.5. The molecule has 3 N–H and O–H groups in total. The Morgan fingerprint density at radius 3 is 2.40 bits per heavy atom. The van der Waals surface area contributed by atoms with Crippen molar-refractivity contribution in [1.29, 1.82) is 0 Å². The molecule has 3 heterocycles. The second-order valence-electron chi connectivity index (χ2n) is 8.43. The maximum atomic E-state index is 14.9. The predicted molar refractivity (Wildman–Crippen MR) is 126 cm³/mol. The zero-order valence-electron chi connectivity index (χ0n) is 18.8. The molecule has 3 aromatic heterocycles. The van der Waals surface area contributed by atoms with Crippen LogP contribution in [0.4, 0.5) is 14.5 Å². The molecule has 1 atom stereocenters. The third-order valence-electron chi connectivity index (χ3n) is 5.29. The van der Waals surface area contributed by atoms with E-state index in [4.69, 9.17) is 11.6 Å². The fourth-order valence-corrected chi connectivity index (χ4v) is 3.67. The minimum Gasteiger partial charge on any atom is -0.478 e. The van der Waals surface area contributed by atoms with Gasteiger partial charge in [-0.05, 0) is 39.0 Å². The standard InChI is InChI=1S/C24H20ClF2N5O3/c1-11(14-6-12(22(33)34)4-5-16(14)26)31-20-15(25)10-28-18-7-17(27)19(32-21(18)20)13-8-29-23(30-9-13)24(2,3)35/h4-11,35H,1-3H3,(H,28,31)(H,33,34)/t11-/m1/s1. The molecular weight excluding hydrogens is 480 g/mol. The van der Waals surface area contributed by atoms with E-state index >= 15 is 0 Å². The van der Waals surface area contributed by atoms with Crippen LogP contribution in [-0.4, -0.2) is 36.1 Å². The molecule has 0 aliphatic rings. The highest BCUT2D eigenvalue weighted by Gasteiger charge is 2.22. The molecule has 0 fully saturated rings. The number of aliphatic hydroxyl groups is 1. The van der Waals surface area contributed by atoms with E-state index < -0.39 is 29.2 Å². The number of benzene rings is 1. The first-order valence-corrected chi connectivity index (χ1v) is 10.8. The van der Waals surface area contributed by atoms with Gasteiger partial charge in [-0.15, -0.1) is 0 Å². The van der Waals surface area contributed by atoms with Crippen LogP contribution in [0.3, 0.4) is 0 Å². The van der Waals surface area contributed by atoms with Crippen molar-refractivity contribution in [2.24, 2.45) is 0 Å². The molecule has 180 valence electrons. The maximum Gasteiger partial charge on any atom is 0.335 e. The summed E-state index contributed by atoms with van der Waals surface area (Å²) < 4.78 is 29.4. The van der Waals surface area contributed by atoms with Crippen LogP contribution in [0.25, 0.3) is 22.3 Å². The van der Waals surface area contributed by atoms with E-state index in [1.165, 1.54) is 50.6 Å². The van der Waals surface area contributed by atoms with Crippen molar-refractivity contribution in [3.05, 3.63) is 76.5 Å². The Kier molecular flexibility index (Phi) is 6.35. The summed E-state index contributed by atoms with van der Waals surface area (Å²) in [7, 11) is 0. The summed E-state index contributed by atoms with van der Waals surface area (Å²) in [5.74, 6) is -2.31. The van der Waals surface area contributed by atoms with Gasteiger partial charge < -0.3 is 15.5 Å². The van der Waals surface area contributed by atoms with Gasteiger partial charge >= 0.3 is 5.97 Å². The first-order valence-electron chi connectivity index (χ1n) is 10.4. The summed E-state index contributed by atoms with van der Waals surface area (Å²) in [4.78, 5) is 28.0. The number of aromatic carboxylic acids is 1. The van der Waals surface area contributed by atoms with Crippen molar-refractivity contribution in [1.82, 2.24) is 19.9 Å². The van der Waals surface area contributed by atoms with Gasteiger partial charge in [-0.2, -0.15) is 0 Å². The summed E-state index contributed by atoms with van der Waals surface area (Å²) in [6, 6.07) is 3.94. The quantitative estimate of drug-likeness (QED) is 0.334. The number of hydrogen-bond donors (Lipinski definition) is 3. The van der Waals surface area contributed by atoms with Crippen molar-refractivity contribution in [3.8, 4) is 11.3 Å². The van der Waals surface area contributed by atoms with E-state index in [-0.39, 0.29) is 50.0 Å². The normalized spacial score (nSPS) is 12.5. The topological polar surface area (TPSA) is 121 Å². The fourth-order valence-electron chi connectivity index (χ4n) is 3.47. The van der Waals surface area contributed by atoms with Gasteiger partial charge in [0.25, 0.3) is 0 Å². The molecule has 8 nitrogen and oxygen atoms in total. The van der Waals surface area contributed by atoms with Crippen molar-refractivity contribution in [2.45, 2.75) is 32.4 Å². The minimum absolute atomic E-state index is 0.0707. The lowest BCUT2D eigenvalue weighted by Gasteiger charge is -2.19. The van der Waals surface area contributed by atoms with Crippen molar-refractivity contribution in [3.63, 3.8) is 0 Å². The first kappa shape index (κ1) is 24.4. The molecule has 0 radical (unpaired) electrons. The second-order valence-corrected chi connectivity index (χ2v) is 8.84. The molecule has 4 rings (SSSR count). The van der Waals surface area contributed by atoms with E-state index in [1.807, 2.05) is 0 Å². The van der Waals surface area contributed by atoms with Gasteiger partial charge in [0.1, 0.15) is 22.6 Å². The van der Waals surface area contributed by atoms with E-state index in [2.05, 4.69) is 25.3 Å². The lowest BCUT2D eigenvalue weighted by molar-refractivity contribution is 0.0683. The Labute approximate surface area is 203 Å². The number of halogens is 3. The number of carbonyl (C=O) groups is 1. The molecule has 0 aliphatic carbocycles. The van der Waals surface area contributed by atoms with Crippen LogP contribution in [0.15, 0.2) is 42.9 Å². The van der Waals surface area contributed by atoms with E-state index in [0.29, 0.717) is 0 Å². The average Bonchev–Trinajstić information content (AvgIpc) is 2.80. The van der Waals surface area contributed by atoms with Crippen LogP contribution in [-0.2, 0) is 5.60 Å². The lowest BCUT2D eigenvalue weighted by Crippen LogP contribution is -2.19. The van der Waals surface area contributed by atoms with Gasteiger partial charge in [-0.1, -0.05) is 11.6 Å². The molecule has 1 aromatic carbocycles. The van der Waals surface area contributed by atoms with Gasteiger partial charge in [-0.25, -0.2) is 28.5 Å². The van der Waals surface area contributed by atoms with Gasteiger partial charge in [0, 0.05) is 35.8 Å². The highest BCUT2D eigenvalue weighted by Crippen LogP contribution is 2.34. The summed E-state index contributed by atoms with van der Waals surface area (Å²) in [6.07, 6.45) is 4.00. The predicted octanol–water partition coefficient (Wildman–Crippen LogP) is 5.12. The van der Waals surface area contributed by atoms with Crippen LogP contribution in [0, 0.1) is 11.6 Å². The molecule has 0 unspecified atom stereocenters. The minimum atomic E-state index is -1.27. The number of nitrogens with one attached hydrogen (secondary N) is 1. The van der Waals surface area contributed by atoms with Crippen LogP contribution < -0.4 is 5.32 Å². The lowest BCUT2D eigenvalue weighted by atomic mass is 10.0. The van der Waals surface area contributed by atoms with Crippen molar-refractivity contribution >= 4 is 34.3 Å². The number of nitrogens with zero attached hydrogens (tertiary/aromatic N) is 4. The smallest absolute Gasteiger partial charge is 0.335 e. The summed E-state index contributed by atoms with van der Waals surface area (Å²) in [5.41, 5.74) is -0.385. The molecule has 0 saturated heterocycles. The van der Waals surface area contributed by atoms with Crippen molar-refractivity contribution < 1.29 is 23.8 Å². The Bertz CT molecular complexity index is 1440. The Hall–Kier alpha value is -3.76. The summed E-state index contributed by atoms with van der Waals surface area (Å²) >= 11 is 6.37. The highest BCUT2D eigenvalue weighted by atomic mass is 35.5. The number of carboxylic acid groups (broad SMARTS) is 1. The van der Waals surface area contributed by atoms with Crippen LogP contribution in [0.1, 0.15) is 48.6 Å². The largest absolute Gasteiger partial charge is 0.478 e. The average molecular weight is 500 g/mol. The third-order valence-corrected chi connectivity index (χ3v) is 5.58. The number of pyridine rings is 2. The number of anilines is 1. The number of rotatable bonds is 6. The van der Waals surface area contributed by atoms with Crippen molar-refractivity contribution in [2.75, 3.05) is 5.32 Å². The number of fused-ring (bicyclic) bond motifs is 1. The first-order chi connectivity index (χ1) is 16.5. The molecule has 11 heteroatoms. The van der Waals surface area contributed by atoms with Crippen LogP contribution in [0.2, 0.25) is 5.02 Å². The number of aromatic nitrogens is 4. The Morgan fingerprint density at radius 1 is 1.09 bits per heavy atom. The molecule has 0 amide bonds. The molecule has 35 heavy (non-hydrogen) atoms. The number of carboxylic acids is 1.